The first-order valence-corrected chi connectivity index (χ1v) is 8.20. The van der Waals surface area contributed by atoms with E-state index in [1.54, 1.807) is 4.90 Å². The Morgan fingerprint density at radius 3 is 2.57 bits per heavy atom. The van der Waals surface area contributed by atoms with E-state index in [1.807, 2.05) is 0 Å². The average molecular weight is 317 g/mol. The predicted octanol–water partition coefficient (Wildman–Crippen LogP) is 2.23. The van der Waals surface area contributed by atoms with Gasteiger partial charge in [-0.1, -0.05) is 38.1 Å². The van der Waals surface area contributed by atoms with Crippen molar-refractivity contribution in [3.63, 3.8) is 0 Å². The van der Waals surface area contributed by atoms with Gasteiger partial charge in [-0.3, -0.25) is 4.79 Å². The van der Waals surface area contributed by atoms with E-state index in [-0.39, 0.29) is 24.3 Å². The fraction of sp³-hybridized carbons (Fsp3) is 0.556. The van der Waals surface area contributed by atoms with E-state index in [9.17, 15) is 9.59 Å². The highest BCUT2D eigenvalue weighted by Crippen LogP contribution is 2.48. The minimum absolute atomic E-state index is 0.00700. The van der Waals surface area contributed by atoms with Crippen LogP contribution in [0.4, 0.5) is 0 Å². The highest BCUT2D eigenvalue weighted by molar-refractivity contribution is 5.84. The number of aliphatic carboxylic acids is 1. The number of carbonyl (C=O) groups excluding carboxylic acids is 1. The van der Waals surface area contributed by atoms with Crippen LogP contribution in [0, 0.1) is 5.92 Å². The largest absolute Gasteiger partial charge is 0.479 e. The molecule has 1 aromatic carbocycles. The van der Waals surface area contributed by atoms with E-state index in [0.717, 1.165) is 6.42 Å². The lowest BCUT2D eigenvalue weighted by molar-refractivity contribution is -0.159. The molecule has 0 spiro atoms. The molecule has 1 saturated heterocycles. The zero-order chi connectivity index (χ0) is 16.6. The quantitative estimate of drug-likeness (QED) is 0.925. The summed E-state index contributed by atoms with van der Waals surface area (Å²) in [5, 5.41) is 9.03. The van der Waals surface area contributed by atoms with Gasteiger partial charge in [0.2, 0.25) is 5.91 Å². The molecule has 5 heteroatoms. The van der Waals surface area contributed by atoms with Gasteiger partial charge >= 0.3 is 5.97 Å². The number of hydrogen-bond donors (Lipinski definition) is 1. The molecule has 5 nitrogen and oxygen atoms in total. The molecular weight excluding hydrogens is 294 g/mol. The van der Waals surface area contributed by atoms with E-state index >= 15 is 0 Å². The molecule has 1 heterocycles. The predicted molar refractivity (Wildman–Crippen MR) is 85.3 cm³/mol. The Hall–Kier alpha value is -1.88. The number of carboxylic acid groups (broad SMARTS) is 1. The molecule has 124 valence electrons. The first kappa shape index (κ1) is 16.0. The summed E-state index contributed by atoms with van der Waals surface area (Å²) in [4.78, 5) is 25.2. The van der Waals surface area contributed by atoms with E-state index < -0.39 is 12.1 Å². The molecule has 0 aromatic heterocycles. The number of hydrogen-bond acceptors (Lipinski definition) is 3. The maximum absolute atomic E-state index is 12.6. The third kappa shape index (κ3) is 3.39. The van der Waals surface area contributed by atoms with Crippen molar-refractivity contribution in [3.05, 3.63) is 35.4 Å². The highest BCUT2D eigenvalue weighted by Gasteiger charge is 2.46. The van der Waals surface area contributed by atoms with Crippen LogP contribution in [0.5, 0.6) is 0 Å². The Morgan fingerprint density at radius 2 is 1.96 bits per heavy atom. The summed E-state index contributed by atoms with van der Waals surface area (Å²) in [5.74, 6) is -0.166. The van der Waals surface area contributed by atoms with Crippen molar-refractivity contribution in [2.45, 2.75) is 38.2 Å². The topological polar surface area (TPSA) is 66.8 Å². The Kier molecular flexibility index (Phi) is 4.39. The molecule has 1 amide bonds. The molecule has 0 radical (unpaired) electrons. The maximum atomic E-state index is 12.6. The van der Waals surface area contributed by atoms with Crippen molar-refractivity contribution in [2.75, 3.05) is 19.7 Å². The normalized spacial score (nSPS) is 27.1. The number of benzene rings is 1. The van der Waals surface area contributed by atoms with Crippen LogP contribution in [0.2, 0.25) is 0 Å². The third-order valence-corrected chi connectivity index (χ3v) is 4.79. The first-order chi connectivity index (χ1) is 11.0. The molecule has 3 unspecified atom stereocenters. The fourth-order valence-electron chi connectivity index (χ4n) is 3.20. The van der Waals surface area contributed by atoms with Gasteiger partial charge in [-0.15, -0.1) is 0 Å². The number of carboxylic acids is 1. The number of ether oxygens (including phenoxy) is 1. The summed E-state index contributed by atoms with van der Waals surface area (Å²) in [6.07, 6.45) is -0.0372. The van der Waals surface area contributed by atoms with Gasteiger partial charge in [-0.2, -0.15) is 0 Å². The molecule has 1 N–H and O–H groups in total. The Balaban J connectivity index is 1.61. The van der Waals surface area contributed by atoms with Gasteiger partial charge in [0.15, 0.2) is 6.10 Å². The first-order valence-electron chi connectivity index (χ1n) is 8.20. The lowest BCUT2D eigenvalue weighted by atomic mass is 10.00. The monoisotopic (exact) mass is 317 g/mol. The van der Waals surface area contributed by atoms with Crippen molar-refractivity contribution in [2.24, 2.45) is 5.92 Å². The average Bonchev–Trinajstić information content (AvgIpc) is 3.35. The number of rotatable bonds is 4. The number of morpholine rings is 1. The zero-order valence-electron chi connectivity index (χ0n) is 13.6. The minimum atomic E-state index is -1.00. The standard InChI is InChI=1S/C18H23NO4/c1-11(2)12-3-5-13(6-4-12)14-9-15(14)17(20)19-7-8-23-16(10-19)18(21)22/h3-6,11,14-16H,7-10H2,1-2H3,(H,21,22). The van der Waals surface area contributed by atoms with Gasteiger partial charge in [0.1, 0.15) is 0 Å². The number of carbonyl (C=O) groups is 2. The van der Waals surface area contributed by atoms with Gasteiger partial charge in [0.25, 0.3) is 0 Å². The summed E-state index contributed by atoms with van der Waals surface area (Å²) >= 11 is 0. The van der Waals surface area contributed by atoms with Gasteiger partial charge < -0.3 is 14.7 Å². The van der Waals surface area contributed by atoms with E-state index in [2.05, 4.69) is 38.1 Å². The van der Waals surface area contributed by atoms with Crippen LogP contribution >= 0.6 is 0 Å². The lowest BCUT2D eigenvalue weighted by Gasteiger charge is -2.31. The summed E-state index contributed by atoms with van der Waals surface area (Å²) in [5.41, 5.74) is 2.51. The molecule has 23 heavy (non-hydrogen) atoms. The molecule has 2 fully saturated rings. The van der Waals surface area contributed by atoms with Crippen LogP contribution in [0.25, 0.3) is 0 Å². The summed E-state index contributed by atoms with van der Waals surface area (Å²) in [6, 6.07) is 8.50. The molecule has 0 bridgehead atoms. The van der Waals surface area contributed by atoms with Crippen LogP contribution < -0.4 is 0 Å². The van der Waals surface area contributed by atoms with Crippen LogP contribution in [0.15, 0.2) is 24.3 Å². The van der Waals surface area contributed by atoms with Crippen molar-refractivity contribution < 1.29 is 19.4 Å². The summed E-state index contributed by atoms with van der Waals surface area (Å²) in [7, 11) is 0. The van der Waals surface area contributed by atoms with E-state index in [4.69, 9.17) is 9.84 Å². The molecule has 3 atom stereocenters. The van der Waals surface area contributed by atoms with Gasteiger partial charge in [0, 0.05) is 12.5 Å². The highest BCUT2D eigenvalue weighted by atomic mass is 16.5. The molecule has 2 aliphatic rings. The van der Waals surface area contributed by atoms with Crippen LogP contribution in [-0.4, -0.2) is 47.7 Å². The van der Waals surface area contributed by atoms with Gasteiger partial charge in [-0.25, -0.2) is 4.79 Å². The van der Waals surface area contributed by atoms with Crippen molar-refractivity contribution >= 4 is 11.9 Å². The number of amides is 1. The molecule has 1 aromatic rings. The lowest BCUT2D eigenvalue weighted by Crippen LogP contribution is -2.49. The second kappa shape index (κ2) is 6.32. The van der Waals surface area contributed by atoms with E-state index in [1.165, 1.54) is 11.1 Å². The van der Waals surface area contributed by atoms with Gasteiger partial charge in [0.05, 0.1) is 13.2 Å². The Labute approximate surface area is 136 Å². The van der Waals surface area contributed by atoms with Gasteiger partial charge in [-0.05, 0) is 29.4 Å². The Morgan fingerprint density at radius 1 is 1.26 bits per heavy atom. The van der Waals surface area contributed by atoms with Crippen LogP contribution in [-0.2, 0) is 14.3 Å². The molecule has 1 saturated carbocycles. The SMILES string of the molecule is CC(C)c1ccc(C2CC2C(=O)N2CCOC(C(=O)O)C2)cc1. The third-order valence-electron chi connectivity index (χ3n) is 4.79. The number of nitrogens with zero attached hydrogens (tertiary/aromatic N) is 1. The molecule has 1 aliphatic carbocycles. The second-order valence-electron chi connectivity index (χ2n) is 6.75. The second-order valence-corrected chi connectivity index (χ2v) is 6.75. The fourth-order valence-corrected chi connectivity index (χ4v) is 3.20. The maximum Gasteiger partial charge on any atom is 0.334 e. The van der Waals surface area contributed by atoms with E-state index in [0.29, 0.717) is 19.1 Å². The Bertz CT molecular complexity index is 596. The van der Waals surface area contributed by atoms with Crippen molar-refractivity contribution in [3.8, 4) is 0 Å². The van der Waals surface area contributed by atoms with Crippen LogP contribution in [0.3, 0.4) is 0 Å². The van der Waals surface area contributed by atoms with Crippen LogP contribution in [0.1, 0.15) is 43.2 Å². The molecule has 1 aliphatic heterocycles. The van der Waals surface area contributed by atoms with Crippen molar-refractivity contribution in [1.29, 1.82) is 0 Å². The van der Waals surface area contributed by atoms with Crippen molar-refractivity contribution in [1.82, 2.24) is 4.90 Å². The molecular formula is C18H23NO4. The zero-order valence-corrected chi connectivity index (χ0v) is 13.6. The molecule has 3 rings (SSSR count). The summed E-state index contributed by atoms with van der Waals surface area (Å²) < 4.78 is 5.17. The smallest absolute Gasteiger partial charge is 0.334 e. The summed E-state index contributed by atoms with van der Waals surface area (Å²) in [6.45, 7) is 5.26. The minimum Gasteiger partial charge on any atom is -0.479 e.